The van der Waals surface area contributed by atoms with Gasteiger partial charge in [-0.05, 0) is 30.7 Å². The number of fused-ring (bicyclic) bond motifs is 1. The standard InChI is InChI=1S/C15H16N2O/c1-10-15(13(8-16)9-18-10)12-3-4-14-11(7-12)5-6-17(14)2/h3-7,9H,8,16H2,1-2H3. The third-order valence-corrected chi connectivity index (χ3v) is 3.44. The van der Waals surface area contributed by atoms with Gasteiger partial charge in [0.2, 0.25) is 0 Å². The van der Waals surface area contributed by atoms with Gasteiger partial charge in [-0.25, -0.2) is 0 Å². The summed E-state index contributed by atoms with van der Waals surface area (Å²) in [6.45, 7) is 2.48. The van der Waals surface area contributed by atoms with Crippen LogP contribution in [0.15, 0.2) is 41.1 Å². The minimum atomic E-state index is 0.500. The zero-order chi connectivity index (χ0) is 12.7. The Hall–Kier alpha value is -2.00. The molecule has 0 unspecified atom stereocenters. The van der Waals surface area contributed by atoms with E-state index in [0.29, 0.717) is 6.54 Å². The molecule has 0 radical (unpaired) electrons. The fourth-order valence-electron chi connectivity index (χ4n) is 2.48. The molecule has 1 aromatic carbocycles. The van der Waals surface area contributed by atoms with E-state index in [-0.39, 0.29) is 0 Å². The van der Waals surface area contributed by atoms with Crippen molar-refractivity contribution in [1.29, 1.82) is 0 Å². The van der Waals surface area contributed by atoms with Gasteiger partial charge >= 0.3 is 0 Å². The topological polar surface area (TPSA) is 44.1 Å². The largest absolute Gasteiger partial charge is 0.469 e. The van der Waals surface area contributed by atoms with Crippen LogP contribution in [0.1, 0.15) is 11.3 Å². The third-order valence-electron chi connectivity index (χ3n) is 3.44. The molecule has 0 aliphatic heterocycles. The molecule has 2 aromatic heterocycles. The first kappa shape index (κ1) is 11.1. The Balaban J connectivity index is 2.22. The Morgan fingerprint density at radius 2 is 2.11 bits per heavy atom. The van der Waals surface area contributed by atoms with Crippen LogP contribution in [-0.2, 0) is 13.6 Å². The summed E-state index contributed by atoms with van der Waals surface area (Å²) >= 11 is 0. The molecule has 0 amide bonds. The summed E-state index contributed by atoms with van der Waals surface area (Å²) in [5.41, 5.74) is 10.3. The number of hydrogen-bond donors (Lipinski definition) is 1. The fourth-order valence-corrected chi connectivity index (χ4v) is 2.48. The van der Waals surface area contributed by atoms with Crippen LogP contribution >= 0.6 is 0 Å². The predicted molar refractivity (Wildman–Crippen MR) is 73.2 cm³/mol. The Morgan fingerprint density at radius 1 is 1.28 bits per heavy atom. The minimum Gasteiger partial charge on any atom is -0.469 e. The maximum absolute atomic E-state index is 5.75. The van der Waals surface area contributed by atoms with E-state index in [1.165, 1.54) is 16.5 Å². The van der Waals surface area contributed by atoms with Gasteiger partial charge in [0.25, 0.3) is 0 Å². The molecule has 0 atom stereocenters. The molecular weight excluding hydrogens is 224 g/mol. The molecule has 18 heavy (non-hydrogen) atoms. The monoisotopic (exact) mass is 240 g/mol. The van der Waals surface area contributed by atoms with E-state index in [9.17, 15) is 0 Å². The number of nitrogens with zero attached hydrogens (tertiary/aromatic N) is 1. The highest BCUT2D eigenvalue weighted by atomic mass is 16.3. The lowest BCUT2D eigenvalue weighted by Crippen LogP contribution is -1.96. The van der Waals surface area contributed by atoms with Gasteiger partial charge in [-0.15, -0.1) is 0 Å². The molecule has 0 saturated heterocycles. The third kappa shape index (κ3) is 1.56. The number of nitrogens with two attached hydrogens (primary N) is 1. The summed E-state index contributed by atoms with van der Waals surface area (Å²) in [4.78, 5) is 0. The highest BCUT2D eigenvalue weighted by Gasteiger charge is 2.12. The molecule has 0 aliphatic carbocycles. The van der Waals surface area contributed by atoms with Gasteiger partial charge in [-0.3, -0.25) is 0 Å². The van der Waals surface area contributed by atoms with Crippen molar-refractivity contribution in [2.24, 2.45) is 12.8 Å². The molecule has 0 bridgehead atoms. The van der Waals surface area contributed by atoms with E-state index in [2.05, 4.69) is 42.1 Å². The summed E-state index contributed by atoms with van der Waals surface area (Å²) in [7, 11) is 2.05. The van der Waals surface area contributed by atoms with Crippen LogP contribution in [0.3, 0.4) is 0 Å². The minimum absolute atomic E-state index is 0.500. The van der Waals surface area contributed by atoms with E-state index in [1.54, 1.807) is 6.26 Å². The van der Waals surface area contributed by atoms with E-state index < -0.39 is 0 Å². The van der Waals surface area contributed by atoms with Gasteiger partial charge in [-0.1, -0.05) is 6.07 Å². The summed E-state index contributed by atoms with van der Waals surface area (Å²) in [5, 5.41) is 1.23. The maximum Gasteiger partial charge on any atom is 0.108 e. The van der Waals surface area contributed by atoms with Gasteiger partial charge in [0.05, 0.1) is 6.26 Å². The van der Waals surface area contributed by atoms with Gasteiger partial charge in [0.15, 0.2) is 0 Å². The van der Waals surface area contributed by atoms with E-state index in [4.69, 9.17) is 10.2 Å². The van der Waals surface area contributed by atoms with Crippen molar-refractivity contribution < 1.29 is 4.42 Å². The Kier molecular flexibility index (Phi) is 2.49. The zero-order valence-electron chi connectivity index (χ0n) is 10.6. The lowest BCUT2D eigenvalue weighted by atomic mass is 10.0. The average molecular weight is 240 g/mol. The number of furan rings is 1. The Morgan fingerprint density at radius 3 is 2.89 bits per heavy atom. The van der Waals surface area contributed by atoms with Crippen LogP contribution in [0, 0.1) is 6.92 Å². The summed E-state index contributed by atoms with van der Waals surface area (Å²) < 4.78 is 7.59. The number of aromatic nitrogens is 1. The van der Waals surface area contributed by atoms with Gasteiger partial charge in [-0.2, -0.15) is 0 Å². The molecule has 3 nitrogen and oxygen atoms in total. The van der Waals surface area contributed by atoms with Crippen LogP contribution in [0.25, 0.3) is 22.0 Å². The first-order valence-corrected chi connectivity index (χ1v) is 6.03. The van der Waals surface area contributed by atoms with E-state index >= 15 is 0 Å². The van der Waals surface area contributed by atoms with E-state index in [1.807, 2.05) is 6.92 Å². The molecule has 0 fully saturated rings. The molecule has 2 heterocycles. The quantitative estimate of drug-likeness (QED) is 0.747. The van der Waals surface area contributed by atoms with Crippen molar-refractivity contribution in [3.8, 4) is 11.1 Å². The van der Waals surface area contributed by atoms with Crippen molar-refractivity contribution in [3.05, 3.63) is 48.0 Å². The highest BCUT2D eigenvalue weighted by molar-refractivity contribution is 5.86. The summed E-state index contributed by atoms with van der Waals surface area (Å²) in [6, 6.07) is 8.57. The van der Waals surface area contributed by atoms with Crippen molar-refractivity contribution in [1.82, 2.24) is 4.57 Å². The molecule has 2 N–H and O–H groups in total. The maximum atomic E-state index is 5.75. The predicted octanol–water partition coefficient (Wildman–Crippen LogP) is 3.21. The van der Waals surface area contributed by atoms with Gasteiger partial charge < -0.3 is 14.7 Å². The number of aryl methyl sites for hydroxylation is 2. The summed E-state index contributed by atoms with van der Waals surface area (Å²) in [5.74, 6) is 0.922. The number of benzene rings is 1. The first-order chi connectivity index (χ1) is 8.70. The molecule has 0 aliphatic rings. The highest BCUT2D eigenvalue weighted by Crippen LogP contribution is 2.31. The van der Waals surface area contributed by atoms with Gasteiger partial charge in [0.1, 0.15) is 5.76 Å². The average Bonchev–Trinajstić information content (AvgIpc) is 2.93. The molecule has 0 spiro atoms. The molecule has 3 rings (SSSR count). The van der Waals surface area contributed by atoms with Crippen molar-refractivity contribution in [3.63, 3.8) is 0 Å². The number of rotatable bonds is 2. The smallest absolute Gasteiger partial charge is 0.108 e. The molecule has 3 heteroatoms. The van der Waals surface area contributed by atoms with Crippen LogP contribution < -0.4 is 5.73 Å². The van der Waals surface area contributed by atoms with Crippen LogP contribution in [0.5, 0.6) is 0 Å². The zero-order valence-corrected chi connectivity index (χ0v) is 10.6. The second-order valence-electron chi connectivity index (χ2n) is 4.60. The normalized spacial score (nSPS) is 11.3. The van der Waals surface area contributed by atoms with E-state index in [0.717, 1.165) is 16.9 Å². The first-order valence-electron chi connectivity index (χ1n) is 6.03. The Bertz CT molecular complexity index is 706. The molecule has 0 saturated carbocycles. The van der Waals surface area contributed by atoms with Crippen LogP contribution in [0.2, 0.25) is 0 Å². The second kappa shape index (κ2) is 4.03. The van der Waals surface area contributed by atoms with Gasteiger partial charge in [0, 0.05) is 41.8 Å². The lowest BCUT2D eigenvalue weighted by Gasteiger charge is -2.04. The van der Waals surface area contributed by atoms with Crippen molar-refractivity contribution in [2.45, 2.75) is 13.5 Å². The fraction of sp³-hybridized carbons (Fsp3) is 0.200. The van der Waals surface area contributed by atoms with Crippen molar-refractivity contribution >= 4 is 10.9 Å². The summed E-state index contributed by atoms with van der Waals surface area (Å²) in [6.07, 6.45) is 3.82. The molecule has 3 aromatic rings. The Labute approximate surface area is 106 Å². The number of hydrogen-bond acceptors (Lipinski definition) is 2. The molecule has 92 valence electrons. The van der Waals surface area contributed by atoms with Crippen LogP contribution in [-0.4, -0.2) is 4.57 Å². The SMILES string of the molecule is Cc1occ(CN)c1-c1ccc2c(ccn2C)c1. The molecular formula is C15H16N2O. The lowest BCUT2D eigenvalue weighted by molar-refractivity contribution is 0.532. The second-order valence-corrected chi connectivity index (χ2v) is 4.60. The van der Waals surface area contributed by atoms with Crippen molar-refractivity contribution in [2.75, 3.05) is 0 Å². The van der Waals surface area contributed by atoms with Crippen LogP contribution in [0.4, 0.5) is 0 Å².